The second-order valence-electron chi connectivity index (χ2n) is 6.45. The minimum atomic E-state index is -4.02. The van der Waals surface area contributed by atoms with Crippen LogP contribution in [-0.4, -0.2) is 25.3 Å². The highest BCUT2D eigenvalue weighted by Gasteiger charge is 2.30. The minimum Gasteiger partial charge on any atom is -0.379 e. The number of nitrogens with zero attached hydrogens (tertiary/aromatic N) is 1. The zero-order chi connectivity index (χ0) is 18.9. The Morgan fingerprint density at radius 3 is 2.38 bits per heavy atom. The molecule has 138 valence electrons. The lowest BCUT2D eigenvalue weighted by Gasteiger charge is -2.20. The fourth-order valence-electron chi connectivity index (χ4n) is 2.83. The Morgan fingerprint density at radius 2 is 1.85 bits per heavy atom. The van der Waals surface area contributed by atoms with Crippen LogP contribution >= 0.6 is 11.6 Å². The van der Waals surface area contributed by atoms with E-state index in [1.807, 2.05) is 4.90 Å². The van der Waals surface area contributed by atoms with Gasteiger partial charge in [0.05, 0.1) is 5.02 Å². The molecule has 0 atom stereocenters. The number of halogens is 1. The number of hydrogen-bond acceptors (Lipinski definition) is 4. The molecule has 0 aromatic heterocycles. The van der Waals surface area contributed by atoms with Gasteiger partial charge in [-0.2, -0.15) is 8.42 Å². The van der Waals surface area contributed by atoms with Crippen molar-refractivity contribution < 1.29 is 17.4 Å². The monoisotopic (exact) mass is 393 g/mol. The summed E-state index contributed by atoms with van der Waals surface area (Å²) in [6, 6.07) is 11.9. The molecule has 0 spiro atoms. The number of hydrogen-bond donors (Lipinski definition) is 0. The molecule has 1 aliphatic carbocycles. The molecule has 0 saturated heterocycles. The molecule has 0 bridgehead atoms. The zero-order valence-corrected chi connectivity index (χ0v) is 16.2. The third-order valence-electron chi connectivity index (χ3n) is 4.29. The van der Waals surface area contributed by atoms with Gasteiger partial charge >= 0.3 is 10.1 Å². The van der Waals surface area contributed by atoms with E-state index in [-0.39, 0.29) is 21.6 Å². The SMILES string of the molecule is CC(=O)N(Cc1ccc(OS(=O)(=O)c2c(C)cccc2Cl)cc1)C1CC1. The Hall–Kier alpha value is -2.05. The van der Waals surface area contributed by atoms with Crippen molar-refractivity contribution >= 4 is 27.6 Å². The van der Waals surface area contributed by atoms with Crippen LogP contribution in [-0.2, 0) is 21.5 Å². The van der Waals surface area contributed by atoms with E-state index >= 15 is 0 Å². The van der Waals surface area contributed by atoms with E-state index in [4.69, 9.17) is 15.8 Å². The van der Waals surface area contributed by atoms with E-state index < -0.39 is 10.1 Å². The molecule has 3 rings (SSSR count). The summed E-state index contributed by atoms with van der Waals surface area (Å²) in [4.78, 5) is 13.5. The summed E-state index contributed by atoms with van der Waals surface area (Å²) in [6.07, 6.45) is 2.08. The third kappa shape index (κ3) is 4.19. The Bertz CT molecular complexity index is 901. The summed E-state index contributed by atoms with van der Waals surface area (Å²) in [5, 5.41) is 0.128. The van der Waals surface area contributed by atoms with Crippen molar-refractivity contribution in [1.29, 1.82) is 0 Å². The van der Waals surface area contributed by atoms with E-state index in [0.29, 0.717) is 18.2 Å². The van der Waals surface area contributed by atoms with Gasteiger partial charge in [-0.15, -0.1) is 0 Å². The maximum absolute atomic E-state index is 12.5. The highest BCUT2D eigenvalue weighted by atomic mass is 35.5. The standard InChI is InChI=1S/C19H20ClNO4S/c1-13-4-3-5-18(20)19(13)26(23,24)25-17-10-6-15(7-11-17)12-21(14(2)22)16-8-9-16/h3-7,10-11,16H,8-9,12H2,1-2H3. The first-order valence-corrected chi connectivity index (χ1v) is 10.1. The van der Waals surface area contributed by atoms with E-state index in [9.17, 15) is 13.2 Å². The van der Waals surface area contributed by atoms with Gasteiger partial charge in [0.25, 0.3) is 0 Å². The summed E-state index contributed by atoms with van der Waals surface area (Å²) in [7, 11) is -4.02. The molecule has 0 N–H and O–H groups in total. The van der Waals surface area contributed by atoms with Crippen molar-refractivity contribution in [3.63, 3.8) is 0 Å². The second kappa shape index (κ2) is 7.29. The van der Waals surface area contributed by atoms with Crippen LogP contribution in [0.2, 0.25) is 5.02 Å². The molecule has 7 heteroatoms. The van der Waals surface area contributed by atoms with Crippen LogP contribution in [0.5, 0.6) is 5.75 Å². The molecule has 0 unspecified atom stereocenters. The van der Waals surface area contributed by atoms with Gasteiger partial charge in [0.15, 0.2) is 0 Å². The number of rotatable bonds is 6. The van der Waals surface area contributed by atoms with Crippen LogP contribution in [0.4, 0.5) is 0 Å². The average molecular weight is 394 g/mol. The Balaban J connectivity index is 1.76. The Morgan fingerprint density at radius 1 is 1.19 bits per heavy atom. The summed E-state index contributed by atoms with van der Waals surface area (Å²) >= 11 is 6.03. The van der Waals surface area contributed by atoms with Crippen LogP contribution in [0.3, 0.4) is 0 Å². The molecule has 1 amide bonds. The van der Waals surface area contributed by atoms with Crippen molar-refractivity contribution in [3.05, 3.63) is 58.6 Å². The topological polar surface area (TPSA) is 63.7 Å². The molecule has 0 heterocycles. The summed E-state index contributed by atoms with van der Waals surface area (Å²) in [5.41, 5.74) is 1.45. The summed E-state index contributed by atoms with van der Waals surface area (Å²) in [6.45, 7) is 3.74. The average Bonchev–Trinajstić information content (AvgIpc) is 3.37. The van der Waals surface area contributed by atoms with E-state index in [0.717, 1.165) is 18.4 Å². The predicted octanol–water partition coefficient (Wildman–Crippen LogP) is 3.93. The molecule has 0 aliphatic heterocycles. The minimum absolute atomic E-state index is 0.0257. The van der Waals surface area contributed by atoms with Crippen molar-refractivity contribution in [2.45, 2.75) is 44.2 Å². The number of aryl methyl sites for hydroxylation is 1. The first-order valence-electron chi connectivity index (χ1n) is 8.33. The lowest BCUT2D eigenvalue weighted by atomic mass is 10.2. The van der Waals surface area contributed by atoms with Crippen molar-refractivity contribution in [1.82, 2.24) is 4.90 Å². The zero-order valence-electron chi connectivity index (χ0n) is 14.6. The fraction of sp³-hybridized carbons (Fsp3) is 0.316. The van der Waals surface area contributed by atoms with Gasteiger partial charge < -0.3 is 9.08 Å². The van der Waals surface area contributed by atoms with Gasteiger partial charge in [-0.05, 0) is 49.1 Å². The molecule has 0 radical (unpaired) electrons. The maximum Gasteiger partial charge on any atom is 0.340 e. The Kier molecular flexibility index (Phi) is 5.25. The van der Waals surface area contributed by atoms with Gasteiger partial charge in [-0.1, -0.05) is 35.9 Å². The fourth-order valence-corrected chi connectivity index (χ4v) is 4.55. The highest BCUT2D eigenvalue weighted by Crippen LogP contribution is 2.30. The molecule has 5 nitrogen and oxygen atoms in total. The molecular formula is C19H20ClNO4S. The van der Waals surface area contributed by atoms with Gasteiger partial charge in [0, 0.05) is 19.5 Å². The number of benzene rings is 2. The van der Waals surface area contributed by atoms with E-state index in [1.165, 1.54) is 6.07 Å². The van der Waals surface area contributed by atoms with Gasteiger partial charge in [-0.3, -0.25) is 4.79 Å². The number of amides is 1. The lowest BCUT2D eigenvalue weighted by molar-refractivity contribution is -0.130. The molecule has 1 aliphatic rings. The quantitative estimate of drug-likeness (QED) is 0.697. The predicted molar refractivity (Wildman–Crippen MR) is 99.7 cm³/mol. The number of carbonyl (C=O) groups excluding carboxylic acids is 1. The molecular weight excluding hydrogens is 374 g/mol. The first-order chi connectivity index (χ1) is 12.3. The Labute approximate surface area is 158 Å². The second-order valence-corrected chi connectivity index (χ2v) is 8.34. The van der Waals surface area contributed by atoms with Crippen molar-refractivity contribution in [3.8, 4) is 5.75 Å². The van der Waals surface area contributed by atoms with Crippen molar-refractivity contribution in [2.24, 2.45) is 0 Å². The molecule has 2 aromatic rings. The van der Waals surface area contributed by atoms with Crippen LogP contribution in [0.25, 0.3) is 0 Å². The van der Waals surface area contributed by atoms with Crippen LogP contribution in [0.1, 0.15) is 30.9 Å². The highest BCUT2D eigenvalue weighted by molar-refractivity contribution is 7.87. The van der Waals surface area contributed by atoms with E-state index in [1.54, 1.807) is 50.2 Å². The first kappa shape index (κ1) is 18.7. The van der Waals surface area contributed by atoms with Crippen LogP contribution < -0.4 is 4.18 Å². The maximum atomic E-state index is 12.5. The molecule has 1 fully saturated rings. The molecule has 1 saturated carbocycles. The van der Waals surface area contributed by atoms with Crippen molar-refractivity contribution in [2.75, 3.05) is 0 Å². The van der Waals surface area contributed by atoms with E-state index in [2.05, 4.69) is 0 Å². The largest absolute Gasteiger partial charge is 0.379 e. The van der Waals surface area contributed by atoms with Gasteiger partial charge in [-0.25, -0.2) is 0 Å². The normalized spacial score (nSPS) is 14.1. The smallest absolute Gasteiger partial charge is 0.340 e. The molecule has 2 aromatic carbocycles. The molecule has 26 heavy (non-hydrogen) atoms. The van der Waals surface area contributed by atoms with Gasteiger partial charge in [0.1, 0.15) is 10.6 Å². The lowest BCUT2D eigenvalue weighted by Crippen LogP contribution is -2.30. The van der Waals surface area contributed by atoms with Crippen LogP contribution in [0, 0.1) is 6.92 Å². The van der Waals surface area contributed by atoms with Crippen LogP contribution in [0.15, 0.2) is 47.4 Å². The summed E-state index contributed by atoms with van der Waals surface area (Å²) < 4.78 is 30.3. The summed E-state index contributed by atoms with van der Waals surface area (Å²) in [5.74, 6) is 0.249. The number of carbonyl (C=O) groups is 1. The van der Waals surface area contributed by atoms with Gasteiger partial charge in [0.2, 0.25) is 5.91 Å². The third-order valence-corrected chi connectivity index (χ3v) is 6.17.